The van der Waals surface area contributed by atoms with Crippen LogP contribution in [0.1, 0.15) is 85.5 Å². The summed E-state index contributed by atoms with van der Waals surface area (Å²) in [5, 5.41) is 2.89. The number of allylic oxidation sites excluding steroid dienone is 1. The Labute approximate surface area is 193 Å². The van der Waals surface area contributed by atoms with E-state index < -0.39 is 10.4 Å². The molecule has 0 unspecified atom stereocenters. The monoisotopic (exact) mass is 465 g/mol. The van der Waals surface area contributed by atoms with E-state index in [0.29, 0.717) is 29.7 Å². The van der Waals surface area contributed by atoms with Crippen molar-refractivity contribution in [1.82, 2.24) is 5.32 Å². The van der Waals surface area contributed by atoms with E-state index in [9.17, 15) is 13.2 Å². The fraction of sp³-hybridized carbons (Fsp3) is 0.800. The van der Waals surface area contributed by atoms with Gasteiger partial charge in [0.15, 0.2) is 0 Å². The molecular formula is C25H39NO5S. The van der Waals surface area contributed by atoms with Crippen molar-refractivity contribution in [3.63, 3.8) is 0 Å². The zero-order valence-electron chi connectivity index (χ0n) is 19.9. The Morgan fingerprint density at radius 1 is 1.19 bits per heavy atom. The highest BCUT2D eigenvalue weighted by Crippen LogP contribution is 2.70. The van der Waals surface area contributed by atoms with Crippen LogP contribution in [-0.4, -0.2) is 25.4 Å². The van der Waals surface area contributed by atoms with Crippen molar-refractivity contribution in [1.29, 1.82) is 0 Å². The van der Waals surface area contributed by atoms with Gasteiger partial charge in [-0.3, -0.25) is 9.35 Å². The highest BCUT2D eigenvalue weighted by molar-refractivity contribution is 7.81. The molecule has 0 saturated heterocycles. The SMILES string of the molecule is CC1(C)CCC[C@]2(C)[C@H]3CC/C(=C\OS(=O)(=O)O)C[C@@]3(C)[C@H](CCC3=CC(=O)NC3)C[C@@H]12. The van der Waals surface area contributed by atoms with Crippen LogP contribution in [0.25, 0.3) is 0 Å². The van der Waals surface area contributed by atoms with Crippen molar-refractivity contribution in [2.75, 3.05) is 6.54 Å². The molecule has 5 atom stereocenters. The summed E-state index contributed by atoms with van der Waals surface area (Å²) in [4.78, 5) is 11.6. The fourth-order valence-corrected chi connectivity index (χ4v) is 8.54. The smallest absolute Gasteiger partial charge is 0.370 e. The van der Waals surface area contributed by atoms with E-state index in [0.717, 1.165) is 37.7 Å². The van der Waals surface area contributed by atoms with Gasteiger partial charge in [-0.15, -0.1) is 0 Å². The van der Waals surface area contributed by atoms with Gasteiger partial charge in [0.1, 0.15) is 6.26 Å². The van der Waals surface area contributed by atoms with Crippen LogP contribution in [0.3, 0.4) is 0 Å². The molecule has 180 valence electrons. The van der Waals surface area contributed by atoms with Crippen molar-refractivity contribution in [3.8, 4) is 0 Å². The highest BCUT2D eigenvalue weighted by Gasteiger charge is 2.61. The maximum atomic E-state index is 11.6. The van der Waals surface area contributed by atoms with Crippen molar-refractivity contribution in [3.05, 3.63) is 23.5 Å². The van der Waals surface area contributed by atoms with Gasteiger partial charge in [0.05, 0.1) is 0 Å². The second-order valence-corrected chi connectivity index (χ2v) is 13.0. The molecule has 7 heteroatoms. The molecular weight excluding hydrogens is 426 g/mol. The van der Waals surface area contributed by atoms with E-state index in [1.165, 1.54) is 37.5 Å². The lowest BCUT2D eigenvalue weighted by Gasteiger charge is -2.66. The molecule has 0 spiro atoms. The topological polar surface area (TPSA) is 92.7 Å². The Morgan fingerprint density at radius 2 is 1.94 bits per heavy atom. The van der Waals surface area contributed by atoms with Crippen LogP contribution in [0.15, 0.2) is 23.5 Å². The lowest BCUT2D eigenvalue weighted by Crippen LogP contribution is -2.59. The second kappa shape index (κ2) is 8.15. The zero-order valence-corrected chi connectivity index (χ0v) is 20.8. The normalized spacial score (nSPS) is 40.3. The Balaban J connectivity index is 1.64. The van der Waals surface area contributed by atoms with Gasteiger partial charge < -0.3 is 9.50 Å². The number of carbonyl (C=O) groups excluding carboxylic acids is 1. The summed E-state index contributed by atoms with van der Waals surface area (Å²) < 4.78 is 36.0. The van der Waals surface area contributed by atoms with Gasteiger partial charge in [0.2, 0.25) is 5.91 Å². The van der Waals surface area contributed by atoms with Crippen LogP contribution in [0, 0.1) is 34.0 Å². The van der Waals surface area contributed by atoms with Gasteiger partial charge in [0.25, 0.3) is 0 Å². The van der Waals surface area contributed by atoms with E-state index in [4.69, 9.17) is 4.55 Å². The largest absolute Gasteiger partial charge is 0.445 e. The maximum absolute atomic E-state index is 11.6. The van der Waals surface area contributed by atoms with Gasteiger partial charge in [-0.05, 0) is 96.5 Å². The molecule has 3 fully saturated rings. The predicted molar refractivity (Wildman–Crippen MR) is 124 cm³/mol. The van der Waals surface area contributed by atoms with Gasteiger partial charge in [-0.2, -0.15) is 8.42 Å². The third-order valence-corrected chi connectivity index (χ3v) is 10.00. The van der Waals surface area contributed by atoms with Gasteiger partial charge in [0, 0.05) is 12.6 Å². The van der Waals surface area contributed by atoms with Crippen LogP contribution in [0.4, 0.5) is 0 Å². The summed E-state index contributed by atoms with van der Waals surface area (Å²) in [6, 6.07) is 0. The standard InChI is InChI=1S/C25H39NO5S/c1-23(2)10-5-11-24(3)20-9-7-18(16-31-32(28,29)30)14-25(20,4)19(13-21(23)24)8-6-17-12-22(27)26-15-17/h12,16,19-21H,5-11,13-15H2,1-4H3,(H,26,27)(H,28,29,30)/b18-16+/t19-,20-,21+,24-,25+/m1/s1. The molecule has 6 nitrogen and oxygen atoms in total. The van der Waals surface area contributed by atoms with Crippen molar-refractivity contribution in [2.24, 2.45) is 34.0 Å². The molecule has 1 amide bonds. The summed E-state index contributed by atoms with van der Waals surface area (Å²) in [5.74, 6) is 1.75. The first-order valence-electron chi connectivity index (χ1n) is 12.1. The average Bonchev–Trinajstić information content (AvgIpc) is 3.09. The Bertz CT molecular complexity index is 936. The summed E-state index contributed by atoms with van der Waals surface area (Å²) >= 11 is 0. The van der Waals surface area contributed by atoms with Gasteiger partial charge in [-0.25, -0.2) is 0 Å². The van der Waals surface area contributed by atoms with Gasteiger partial charge >= 0.3 is 10.4 Å². The first-order valence-corrected chi connectivity index (χ1v) is 13.5. The Hall–Kier alpha value is -1.34. The molecule has 0 radical (unpaired) electrons. The Morgan fingerprint density at radius 3 is 2.59 bits per heavy atom. The number of amides is 1. The van der Waals surface area contributed by atoms with Crippen LogP contribution in [0.2, 0.25) is 0 Å². The third-order valence-electron chi connectivity index (χ3n) is 9.66. The molecule has 1 heterocycles. The van der Waals surface area contributed by atoms with E-state index in [1.54, 1.807) is 6.08 Å². The maximum Gasteiger partial charge on any atom is 0.445 e. The van der Waals surface area contributed by atoms with Gasteiger partial charge in [-0.1, -0.05) is 34.1 Å². The minimum absolute atomic E-state index is 0.0129. The summed E-state index contributed by atoms with van der Waals surface area (Å²) in [5.41, 5.74) is 2.81. The molecule has 3 aliphatic carbocycles. The quantitative estimate of drug-likeness (QED) is 0.431. The summed E-state index contributed by atoms with van der Waals surface area (Å²) in [6.45, 7) is 10.5. The number of hydrogen-bond donors (Lipinski definition) is 2. The molecule has 0 aromatic heterocycles. The predicted octanol–water partition coefficient (Wildman–Crippen LogP) is 5.19. The zero-order chi connectivity index (χ0) is 23.4. The first kappa shape index (κ1) is 23.8. The lowest BCUT2D eigenvalue weighted by molar-refractivity contribution is -0.167. The molecule has 1 aliphatic heterocycles. The highest BCUT2D eigenvalue weighted by atomic mass is 32.3. The molecule has 2 N–H and O–H groups in total. The van der Waals surface area contributed by atoms with E-state index >= 15 is 0 Å². The molecule has 0 aromatic carbocycles. The molecule has 32 heavy (non-hydrogen) atoms. The first-order chi connectivity index (χ1) is 14.8. The number of rotatable bonds is 5. The summed E-state index contributed by atoms with van der Waals surface area (Å²) in [6.07, 6.45) is 12.6. The second-order valence-electron chi connectivity index (χ2n) is 12.0. The lowest BCUT2D eigenvalue weighted by atomic mass is 9.38. The van der Waals surface area contributed by atoms with Crippen LogP contribution in [-0.2, 0) is 19.4 Å². The minimum Gasteiger partial charge on any atom is -0.370 e. The van der Waals surface area contributed by atoms with Crippen molar-refractivity contribution < 1.29 is 21.9 Å². The van der Waals surface area contributed by atoms with Crippen molar-refractivity contribution in [2.45, 2.75) is 85.5 Å². The number of hydrogen-bond acceptors (Lipinski definition) is 4. The van der Waals surface area contributed by atoms with Crippen molar-refractivity contribution >= 4 is 16.3 Å². The molecule has 3 saturated carbocycles. The molecule has 0 bridgehead atoms. The van der Waals surface area contributed by atoms with Crippen LogP contribution < -0.4 is 5.32 Å². The fourth-order valence-electron chi connectivity index (χ4n) is 8.28. The number of carbonyl (C=O) groups is 1. The number of fused-ring (bicyclic) bond motifs is 3. The van der Waals surface area contributed by atoms with E-state index in [-0.39, 0.29) is 16.7 Å². The van der Waals surface area contributed by atoms with E-state index in [1.807, 2.05) is 0 Å². The van der Waals surface area contributed by atoms with Crippen LogP contribution in [0.5, 0.6) is 0 Å². The van der Waals surface area contributed by atoms with Crippen LogP contribution >= 0.6 is 0 Å². The average molecular weight is 466 g/mol. The van der Waals surface area contributed by atoms with E-state index in [2.05, 4.69) is 37.2 Å². The third kappa shape index (κ3) is 4.39. The Kier molecular flexibility index (Phi) is 6.07. The number of nitrogens with one attached hydrogen (secondary N) is 1. The molecule has 4 aliphatic rings. The minimum atomic E-state index is -4.48. The molecule has 4 rings (SSSR count). The molecule has 0 aromatic rings. The summed E-state index contributed by atoms with van der Waals surface area (Å²) in [7, 11) is -4.48.